The fourth-order valence-electron chi connectivity index (χ4n) is 2.87. The van der Waals surface area contributed by atoms with Gasteiger partial charge in [0, 0.05) is 0 Å². The molecule has 1 rings (SSSR count). The number of benzene rings is 1. The van der Waals surface area contributed by atoms with Gasteiger partial charge in [-0.2, -0.15) is 0 Å². The zero-order valence-corrected chi connectivity index (χ0v) is 15.9. The molecule has 0 amide bonds. The van der Waals surface area contributed by atoms with E-state index in [0.717, 1.165) is 0 Å². The van der Waals surface area contributed by atoms with Gasteiger partial charge < -0.3 is 0 Å². The number of rotatable bonds is 7. The van der Waals surface area contributed by atoms with Crippen LogP contribution in [-0.2, 0) is 5.04 Å². The fourth-order valence-corrected chi connectivity index (χ4v) is 8.41. The summed E-state index contributed by atoms with van der Waals surface area (Å²) in [5.74, 6) is 0. The Bertz CT molecular complexity index is 360. The molecule has 1 aromatic carbocycles. The summed E-state index contributed by atoms with van der Waals surface area (Å²) >= 11 is 4.13. The monoisotopic (exact) mass is 340 g/mol. The molecule has 0 nitrogen and oxygen atoms in total. The van der Waals surface area contributed by atoms with Crippen LogP contribution in [0.1, 0.15) is 59.4 Å². The first-order valence-electron chi connectivity index (χ1n) is 7.61. The maximum atomic E-state index is 4.13. The maximum Gasteiger partial charge on any atom is 0.125 e. The molecule has 0 saturated heterocycles. The summed E-state index contributed by atoms with van der Waals surface area (Å²) in [5, 5.41) is 0.312. The lowest BCUT2D eigenvalue weighted by atomic mass is 9.82. The average Bonchev–Trinajstić information content (AvgIpc) is 2.45. The SMILES string of the molecule is CCC(CC)(CC)C[SiH](Br)C(C)(C)c1ccccc1. The quantitative estimate of drug-likeness (QED) is 0.432. The van der Waals surface area contributed by atoms with Crippen LogP contribution in [0.4, 0.5) is 0 Å². The van der Waals surface area contributed by atoms with Crippen LogP contribution in [-0.4, -0.2) is 7.42 Å². The van der Waals surface area contributed by atoms with Gasteiger partial charge in [0.05, 0.1) is 0 Å². The molecule has 0 spiro atoms. The molecule has 108 valence electrons. The Hall–Kier alpha value is -0.0831. The van der Waals surface area contributed by atoms with Gasteiger partial charge in [0.2, 0.25) is 0 Å². The van der Waals surface area contributed by atoms with Gasteiger partial charge >= 0.3 is 0 Å². The van der Waals surface area contributed by atoms with Crippen molar-refractivity contribution in [3.63, 3.8) is 0 Å². The molecule has 0 saturated carbocycles. The van der Waals surface area contributed by atoms with E-state index < -0.39 is 7.42 Å². The van der Waals surface area contributed by atoms with Gasteiger partial charge in [0.1, 0.15) is 7.42 Å². The van der Waals surface area contributed by atoms with Gasteiger partial charge in [-0.1, -0.05) is 84.2 Å². The average molecular weight is 341 g/mol. The minimum absolute atomic E-state index is 0.312. The molecule has 0 aliphatic rings. The minimum Gasteiger partial charge on any atom is -0.130 e. The lowest BCUT2D eigenvalue weighted by molar-refractivity contribution is 0.283. The van der Waals surface area contributed by atoms with Crippen LogP contribution >= 0.6 is 15.3 Å². The Balaban J connectivity index is 2.90. The van der Waals surface area contributed by atoms with Crippen molar-refractivity contribution < 1.29 is 0 Å². The summed E-state index contributed by atoms with van der Waals surface area (Å²) < 4.78 is 0. The first-order chi connectivity index (χ1) is 8.91. The lowest BCUT2D eigenvalue weighted by Crippen LogP contribution is -2.37. The Labute approximate surface area is 129 Å². The summed E-state index contributed by atoms with van der Waals surface area (Å²) in [4.78, 5) is 0. The van der Waals surface area contributed by atoms with Crippen LogP contribution in [0.25, 0.3) is 0 Å². The molecular formula is C17H29BrSi. The number of hydrogen-bond donors (Lipinski definition) is 0. The van der Waals surface area contributed by atoms with E-state index in [9.17, 15) is 0 Å². The Morgan fingerprint density at radius 1 is 0.947 bits per heavy atom. The van der Waals surface area contributed by atoms with Crippen LogP contribution in [0.5, 0.6) is 0 Å². The van der Waals surface area contributed by atoms with Crippen molar-refractivity contribution in [2.75, 3.05) is 0 Å². The van der Waals surface area contributed by atoms with Crippen LogP contribution in [0.15, 0.2) is 30.3 Å². The molecule has 1 atom stereocenters. The van der Waals surface area contributed by atoms with Crippen molar-refractivity contribution in [2.24, 2.45) is 5.41 Å². The van der Waals surface area contributed by atoms with Crippen LogP contribution < -0.4 is 0 Å². The van der Waals surface area contributed by atoms with E-state index in [4.69, 9.17) is 0 Å². The highest BCUT2D eigenvalue weighted by Crippen LogP contribution is 2.42. The van der Waals surface area contributed by atoms with Gasteiger partial charge in [-0.3, -0.25) is 0 Å². The van der Waals surface area contributed by atoms with E-state index in [0.29, 0.717) is 10.5 Å². The zero-order chi connectivity index (χ0) is 14.5. The van der Waals surface area contributed by atoms with Crippen molar-refractivity contribution in [1.29, 1.82) is 0 Å². The van der Waals surface area contributed by atoms with Gasteiger partial charge in [-0.05, 0) is 22.1 Å². The molecule has 0 radical (unpaired) electrons. The standard InChI is InChI=1S/C17H29BrSi/c1-6-17(7-2,8-3)14-19(18)16(4,5)15-12-10-9-11-13-15/h9-13,19H,6-8,14H2,1-5H3. The molecule has 0 fully saturated rings. The molecule has 0 aromatic heterocycles. The van der Waals surface area contributed by atoms with Crippen molar-refractivity contribution in [1.82, 2.24) is 0 Å². The number of hydrogen-bond acceptors (Lipinski definition) is 0. The van der Waals surface area contributed by atoms with Crippen molar-refractivity contribution in [3.8, 4) is 0 Å². The van der Waals surface area contributed by atoms with E-state index in [1.807, 2.05) is 0 Å². The van der Waals surface area contributed by atoms with Crippen molar-refractivity contribution in [3.05, 3.63) is 35.9 Å². The van der Waals surface area contributed by atoms with Gasteiger partial charge in [0.25, 0.3) is 0 Å². The van der Waals surface area contributed by atoms with E-state index in [2.05, 4.69) is 80.2 Å². The Morgan fingerprint density at radius 2 is 1.42 bits per heavy atom. The van der Waals surface area contributed by atoms with Gasteiger partial charge in [-0.15, -0.1) is 15.3 Å². The number of halogens is 1. The molecule has 1 unspecified atom stereocenters. The molecule has 0 bridgehead atoms. The second kappa shape index (κ2) is 7.08. The highest BCUT2D eigenvalue weighted by molar-refractivity contribution is 9.24. The highest BCUT2D eigenvalue weighted by Gasteiger charge is 2.37. The third kappa shape index (κ3) is 3.95. The van der Waals surface area contributed by atoms with Crippen molar-refractivity contribution in [2.45, 2.75) is 65.0 Å². The van der Waals surface area contributed by atoms with Gasteiger partial charge in [0.15, 0.2) is 0 Å². The Kier molecular flexibility index (Phi) is 6.32. The molecule has 19 heavy (non-hydrogen) atoms. The predicted molar refractivity (Wildman–Crippen MR) is 93.7 cm³/mol. The van der Waals surface area contributed by atoms with Crippen LogP contribution in [0.2, 0.25) is 6.04 Å². The summed E-state index contributed by atoms with van der Waals surface area (Å²) in [6.45, 7) is 11.9. The first-order valence-corrected chi connectivity index (χ1v) is 12.2. The van der Waals surface area contributed by atoms with Crippen LogP contribution in [0, 0.1) is 5.41 Å². The smallest absolute Gasteiger partial charge is 0.125 e. The molecule has 0 aliphatic heterocycles. The molecule has 0 heterocycles. The lowest BCUT2D eigenvalue weighted by Gasteiger charge is -2.38. The zero-order valence-electron chi connectivity index (χ0n) is 13.2. The Morgan fingerprint density at radius 3 is 1.84 bits per heavy atom. The third-order valence-corrected chi connectivity index (χ3v) is 12.7. The molecule has 0 N–H and O–H groups in total. The topological polar surface area (TPSA) is 0 Å². The van der Waals surface area contributed by atoms with Crippen LogP contribution in [0.3, 0.4) is 0 Å². The molecule has 1 aromatic rings. The summed E-state index contributed by atoms with van der Waals surface area (Å²) in [5.41, 5.74) is 2.03. The van der Waals surface area contributed by atoms with Gasteiger partial charge in [-0.25, -0.2) is 0 Å². The summed E-state index contributed by atoms with van der Waals surface area (Å²) in [7, 11) is -1.00. The molecule has 2 heteroatoms. The third-order valence-electron chi connectivity index (χ3n) is 5.16. The summed E-state index contributed by atoms with van der Waals surface area (Å²) in [6, 6.07) is 12.4. The first kappa shape index (κ1) is 17.0. The van der Waals surface area contributed by atoms with E-state index >= 15 is 0 Å². The predicted octanol–water partition coefficient (Wildman–Crippen LogP) is 5.84. The largest absolute Gasteiger partial charge is 0.130 e. The molecular weight excluding hydrogens is 312 g/mol. The van der Waals surface area contributed by atoms with Crippen molar-refractivity contribution >= 4 is 22.7 Å². The highest BCUT2D eigenvalue weighted by atomic mass is 79.9. The second-order valence-corrected chi connectivity index (χ2v) is 12.4. The fraction of sp³-hybridized carbons (Fsp3) is 0.647. The summed E-state index contributed by atoms with van der Waals surface area (Å²) in [6.07, 6.45) is 3.92. The minimum atomic E-state index is -1.00. The normalized spacial score (nSPS) is 14.4. The van der Waals surface area contributed by atoms with E-state index in [-0.39, 0.29) is 0 Å². The van der Waals surface area contributed by atoms with E-state index in [1.165, 1.54) is 30.9 Å². The maximum absolute atomic E-state index is 4.13. The second-order valence-electron chi connectivity index (χ2n) is 6.32. The molecule has 0 aliphatic carbocycles. The van der Waals surface area contributed by atoms with E-state index in [1.54, 1.807) is 0 Å².